The Bertz CT molecular complexity index is 1050. The van der Waals surface area contributed by atoms with Crippen molar-refractivity contribution in [3.8, 4) is 0 Å². The molecule has 34 heavy (non-hydrogen) atoms. The average molecular weight is 466 g/mol. The number of allylic oxidation sites excluding steroid dienone is 1. The van der Waals surface area contributed by atoms with E-state index in [0.717, 1.165) is 38.5 Å². The average Bonchev–Trinajstić information content (AvgIpc) is 3.06. The monoisotopic (exact) mass is 465 g/mol. The molecule has 7 atom stereocenters. The topological polar surface area (TPSA) is 93.6 Å². The number of hydrogen-bond acceptors (Lipinski definition) is 6. The Morgan fingerprint density at radius 3 is 2.56 bits per heavy atom. The third-order valence-electron chi connectivity index (χ3n) is 10.2. The molecule has 4 aliphatic rings. The number of hydrogen-bond donors (Lipinski definition) is 1. The van der Waals surface area contributed by atoms with E-state index < -0.39 is 29.4 Å². The molecule has 1 aromatic rings. The van der Waals surface area contributed by atoms with E-state index in [1.165, 1.54) is 18.0 Å². The molecule has 1 heterocycles. The molecule has 0 unspecified atom stereocenters. The number of pyridine rings is 1. The number of carbonyl (C=O) groups is 3. The van der Waals surface area contributed by atoms with E-state index in [0.29, 0.717) is 23.8 Å². The molecule has 0 bridgehead atoms. The molecule has 3 fully saturated rings. The van der Waals surface area contributed by atoms with E-state index in [2.05, 4.69) is 18.8 Å². The summed E-state index contributed by atoms with van der Waals surface area (Å²) in [7, 11) is 0. The fourth-order valence-electron chi connectivity index (χ4n) is 8.56. The van der Waals surface area contributed by atoms with Gasteiger partial charge in [0.1, 0.15) is 6.61 Å². The quantitative estimate of drug-likeness (QED) is 0.666. The van der Waals surface area contributed by atoms with Crippen LogP contribution in [0.4, 0.5) is 0 Å². The van der Waals surface area contributed by atoms with Crippen LogP contribution in [0.2, 0.25) is 0 Å². The molecular formula is C28H35NO5. The fourth-order valence-corrected chi connectivity index (χ4v) is 8.56. The maximum Gasteiger partial charge on any atom is 0.339 e. The molecular weight excluding hydrogens is 430 g/mol. The Balaban J connectivity index is 1.53. The van der Waals surface area contributed by atoms with Crippen LogP contribution in [0.25, 0.3) is 0 Å². The van der Waals surface area contributed by atoms with Gasteiger partial charge in [0, 0.05) is 30.1 Å². The van der Waals surface area contributed by atoms with Gasteiger partial charge in [-0.05, 0) is 79.9 Å². The van der Waals surface area contributed by atoms with Crippen LogP contribution in [0, 0.1) is 34.5 Å². The lowest BCUT2D eigenvalue weighted by atomic mass is 9.46. The van der Waals surface area contributed by atoms with Gasteiger partial charge in [-0.1, -0.05) is 26.3 Å². The number of esters is 1. The van der Waals surface area contributed by atoms with Gasteiger partial charge in [0.05, 0.1) is 5.56 Å². The summed E-state index contributed by atoms with van der Waals surface area (Å²) < 4.78 is 6.22. The van der Waals surface area contributed by atoms with Gasteiger partial charge in [-0.15, -0.1) is 0 Å². The first kappa shape index (κ1) is 23.4. The molecule has 6 nitrogen and oxygen atoms in total. The molecule has 1 aromatic heterocycles. The number of ether oxygens (including phenoxy) is 1. The molecule has 0 saturated heterocycles. The highest BCUT2D eigenvalue weighted by atomic mass is 16.6. The van der Waals surface area contributed by atoms with Gasteiger partial charge in [0.2, 0.25) is 5.78 Å². The summed E-state index contributed by atoms with van der Waals surface area (Å²) in [5.41, 5.74) is -0.196. The first-order valence-electron chi connectivity index (χ1n) is 12.7. The van der Waals surface area contributed by atoms with Crippen LogP contribution in [0.5, 0.6) is 0 Å². The standard InChI is InChI=1S/C28H35NO5/c1-17-14-23-21-5-4-19-15-20(31)6-10-26(19,2)22(21)7-11-27(23,3)28(17,24(32)16-30)34-25(33)18-8-12-29-13-9-18/h8-9,12-13,15,17,21-23,30H,4-7,10-11,14,16H2,1-3H3/t17-,21-,22+,23+,26+,27+,28+/m1/s1. The van der Waals surface area contributed by atoms with Crippen LogP contribution in [-0.2, 0) is 14.3 Å². The fraction of sp³-hybridized carbons (Fsp3) is 0.643. The summed E-state index contributed by atoms with van der Waals surface area (Å²) in [6, 6.07) is 3.19. The summed E-state index contributed by atoms with van der Waals surface area (Å²) >= 11 is 0. The second kappa shape index (κ2) is 8.11. The number of aliphatic hydroxyl groups excluding tert-OH is 1. The van der Waals surface area contributed by atoms with Crippen molar-refractivity contribution < 1.29 is 24.2 Å². The highest BCUT2D eigenvalue weighted by molar-refractivity contribution is 5.96. The zero-order valence-corrected chi connectivity index (χ0v) is 20.4. The summed E-state index contributed by atoms with van der Waals surface area (Å²) in [5, 5.41) is 10.0. The largest absolute Gasteiger partial charge is 0.446 e. The van der Waals surface area contributed by atoms with Crippen LogP contribution < -0.4 is 0 Å². The lowest BCUT2D eigenvalue weighted by Crippen LogP contribution is -2.61. The molecule has 182 valence electrons. The summed E-state index contributed by atoms with van der Waals surface area (Å²) in [6.45, 7) is 5.81. The first-order valence-corrected chi connectivity index (χ1v) is 12.7. The van der Waals surface area contributed by atoms with E-state index >= 15 is 0 Å². The van der Waals surface area contributed by atoms with Crippen LogP contribution in [0.15, 0.2) is 36.2 Å². The van der Waals surface area contributed by atoms with E-state index in [4.69, 9.17) is 4.74 Å². The number of nitrogens with zero attached hydrogens (tertiary/aromatic N) is 1. The van der Waals surface area contributed by atoms with E-state index in [9.17, 15) is 19.5 Å². The highest BCUT2D eigenvalue weighted by Gasteiger charge is 2.71. The SMILES string of the molecule is C[C@@H]1C[C@H]2[C@@H]3CCC4=CC(=O)CC[C@]4(C)[C@H]3CC[C@]2(C)[C@@]1(OC(=O)c1ccncc1)C(=O)CO. The van der Waals surface area contributed by atoms with Crippen molar-refractivity contribution in [2.45, 2.75) is 71.3 Å². The van der Waals surface area contributed by atoms with Gasteiger partial charge in [-0.25, -0.2) is 4.79 Å². The molecule has 0 aliphatic heterocycles. The Kier molecular flexibility index (Phi) is 5.58. The molecule has 6 heteroatoms. The Morgan fingerprint density at radius 2 is 1.85 bits per heavy atom. The normalized spacial score (nSPS) is 41.1. The minimum Gasteiger partial charge on any atom is -0.446 e. The van der Waals surface area contributed by atoms with Crippen LogP contribution in [0.3, 0.4) is 0 Å². The van der Waals surface area contributed by atoms with Crippen molar-refractivity contribution in [2.24, 2.45) is 34.5 Å². The molecule has 0 aromatic carbocycles. The maximum atomic E-state index is 13.5. The van der Waals surface area contributed by atoms with Gasteiger partial charge in [0.25, 0.3) is 0 Å². The summed E-state index contributed by atoms with van der Waals surface area (Å²) in [5.74, 6) is 0.216. The third kappa shape index (κ3) is 3.10. The van der Waals surface area contributed by atoms with Gasteiger partial charge < -0.3 is 9.84 Å². The van der Waals surface area contributed by atoms with Crippen molar-refractivity contribution in [2.75, 3.05) is 6.61 Å². The predicted octanol–water partition coefficient (Wildman–Crippen LogP) is 4.32. The minimum absolute atomic E-state index is 0.0291. The summed E-state index contributed by atoms with van der Waals surface area (Å²) in [6.07, 6.45) is 10.9. The number of Topliss-reactive ketones (excluding diaryl/α,β-unsaturated/α-hetero) is 1. The zero-order chi connectivity index (χ0) is 24.3. The number of aromatic nitrogens is 1. The first-order chi connectivity index (χ1) is 16.2. The Hall–Kier alpha value is -2.34. The molecule has 0 amide bonds. The van der Waals surface area contributed by atoms with Crippen molar-refractivity contribution in [3.63, 3.8) is 0 Å². The smallest absolute Gasteiger partial charge is 0.339 e. The summed E-state index contributed by atoms with van der Waals surface area (Å²) in [4.78, 5) is 42.8. The Morgan fingerprint density at radius 1 is 1.12 bits per heavy atom. The van der Waals surface area contributed by atoms with Crippen molar-refractivity contribution >= 4 is 17.5 Å². The van der Waals surface area contributed by atoms with Crippen molar-refractivity contribution in [1.29, 1.82) is 0 Å². The lowest BCUT2D eigenvalue weighted by Gasteiger charge is -2.59. The second-order valence-electron chi connectivity index (χ2n) is 11.5. The zero-order valence-electron chi connectivity index (χ0n) is 20.4. The number of aliphatic hydroxyl groups is 1. The van der Waals surface area contributed by atoms with Gasteiger partial charge in [-0.3, -0.25) is 14.6 Å². The third-order valence-corrected chi connectivity index (χ3v) is 10.2. The van der Waals surface area contributed by atoms with E-state index in [-0.39, 0.29) is 23.0 Å². The van der Waals surface area contributed by atoms with Crippen molar-refractivity contribution in [3.05, 3.63) is 41.7 Å². The number of carbonyl (C=O) groups excluding carboxylic acids is 3. The lowest BCUT2D eigenvalue weighted by molar-refractivity contribution is -0.172. The van der Waals surface area contributed by atoms with Gasteiger partial charge in [-0.2, -0.15) is 0 Å². The molecule has 3 saturated carbocycles. The maximum absolute atomic E-state index is 13.5. The van der Waals surface area contributed by atoms with E-state index in [1.54, 1.807) is 12.1 Å². The van der Waals surface area contributed by atoms with Gasteiger partial charge >= 0.3 is 5.97 Å². The number of fused-ring (bicyclic) bond motifs is 5. The highest BCUT2D eigenvalue weighted by Crippen LogP contribution is 2.69. The van der Waals surface area contributed by atoms with Crippen molar-refractivity contribution in [1.82, 2.24) is 4.98 Å². The molecule has 0 spiro atoms. The second-order valence-corrected chi connectivity index (χ2v) is 11.5. The minimum atomic E-state index is -1.35. The number of rotatable bonds is 4. The van der Waals surface area contributed by atoms with Gasteiger partial charge in [0.15, 0.2) is 11.4 Å². The molecule has 1 N–H and O–H groups in total. The number of ketones is 2. The van der Waals surface area contributed by atoms with Crippen LogP contribution in [-0.4, -0.2) is 39.8 Å². The Labute approximate surface area is 201 Å². The van der Waals surface area contributed by atoms with E-state index in [1.807, 2.05) is 13.0 Å². The molecule has 5 rings (SSSR count). The predicted molar refractivity (Wildman–Crippen MR) is 126 cm³/mol. The van der Waals surface area contributed by atoms with Crippen LogP contribution >= 0.6 is 0 Å². The molecule has 0 radical (unpaired) electrons. The van der Waals surface area contributed by atoms with Crippen LogP contribution in [0.1, 0.15) is 76.1 Å². The molecule has 4 aliphatic carbocycles.